The van der Waals surface area contributed by atoms with Gasteiger partial charge in [0.15, 0.2) is 5.60 Å². The first-order chi connectivity index (χ1) is 8.81. The first kappa shape index (κ1) is 14.0. The van der Waals surface area contributed by atoms with Crippen LogP contribution < -0.4 is 4.72 Å². The summed E-state index contributed by atoms with van der Waals surface area (Å²) < 4.78 is 26.8. The van der Waals surface area contributed by atoms with Crippen molar-refractivity contribution in [1.29, 1.82) is 0 Å². The maximum absolute atomic E-state index is 12.1. The van der Waals surface area contributed by atoms with Crippen molar-refractivity contribution in [2.75, 3.05) is 6.54 Å². The van der Waals surface area contributed by atoms with E-state index in [0.717, 1.165) is 11.3 Å². The molecule has 1 aromatic carbocycles. The highest BCUT2D eigenvalue weighted by Crippen LogP contribution is 2.23. The third kappa shape index (κ3) is 3.33. The number of aryl methyl sites for hydroxylation is 1. The molecule has 104 valence electrons. The number of oxime groups is 1. The Morgan fingerprint density at radius 2 is 1.95 bits per heavy atom. The summed E-state index contributed by atoms with van der Waals surface area (Å²) in [4.78, 5) is 5.53. The van der Waals surface area contributed by atoms with Crippen molar-refractivity contribution in [1.82, 2.24) is 4.72 Å². The predicted octanol–water partition coefficient (Wildman–Crippen LogP) is 1.83. The molecule has 0 radical (unpaired) electrons. The van der Waals surface area contributed by atoms with Crippen molar-refractivity contribution in [3.8, 4) is 0 Å². The summed E-state index contributed by atoms with van der Waals surface area (Å²) in [6.07, 6.45) is 0.628. The maximum Gasteiger partial charge on any atom is 0.240 e. The lowest BCUT2D eigenvalue weighted by atomic mass is 10.0. The Balaban J connectivity index is 2.04. The summed E-state index contributed by atoms with van der Waals surface area (Å²) in [5.41, 5.74) is 1.30. The lowest BCUT2D eigenvalue weighted by Gasteiger charge is -2.21. The minimum absolute atomic E-state index is 0.198. The van der Waals surface area contributed by atoms with Crippen molar-refractivity contribution in [3.05, 3.63) is 29.8 Å². The van der Waals surface area contributed by atoms with Crippen molar-refractivity contribution >= 4 is 15.7 Å². The molecule has 1 heterocycles. The number of hydrogen-bond donors (Lipinski definition) is 1. The Morgan fingerprint density at radius 3 is 2.47 bits per heavy atom. The van der Waals surface area contributed by atoms with Gasteiger partial charge < -0.3 is 4.84 Å². The molecule has 6 heteroatoms. The predicted molar refractivity (Wildman–Crippen MR) is 73.6 cm³/mol. The maximum atomic E-state index is 12.1. The fraction of sp³-hybridized carbons (Fsp3) is 0.462. The van der Waals surface area contributed by atoms with Crippen LogP contribution in [0.3, 0.4) is 0 Å². The lowest BCUT2D eigenvalue weighted by molar-refractivity contribution is 0.00146. The topological polar surface area (TPSA) is 67.8 Å². The standard InChI is InChI=1S/C13H18N2O3S/c1-10-4-6-12(7-5-10)19(16,17)14-9-13(3)8-11(2)15-18-13/h4-7,14H,8-9H2,1-3H3/t13-/m0/s1. The fourth-order valence-corrected chi connectivity index (χ4v) is 3.09. The van der Waals surface area contributed by atoms with Gasteiger partial charge in [-0.2, -0.15) is 0 Å². The van der Waals surface area contributed by atoms with Gasteiger partial charge in [-0.15, -0.1) is 0 Å². The Hall–Kier alpha value is -1.40. The van der Waals surface area contributed by atoms with Crippen LogP contribution in [0.5, 0.6) is 0 Å². The number of rotatable bonds is 4. The van der Waals surface area contributed by atoms with Crippen LogP contribution in [0.15, 0.2) is 34.3 Å². The number of nitrogens with one attached hydrogen (secondary N) is 1. The molecule has 0 fully saturated rings. The van der Waals surface area contributed by atoms with E-state index in [1.165, 1.54) is 0 Å². The zero-order valence-corrected chi connectivity index (χ0v) is 12.1. The molecular weight excluding hydrogens is 264 g/mol. The smallest absolute Gasteiger partial charge is 0.240 e. The van der Waals surface area contributed by atoms with Gasteiger partial charge in [-0.3, -0.25) is 0 Å². The minimum Gasteiger partial charge on any atom is -0.388 e. The van der Waals surface area contributed by atoms with E-state index in [-0.39, 0.29) is 11.4 Å². The third-order valence-electron chi connectivity index (χ3n) is 3.02. The van der Waals surface area contributed by atoms with Gasteiger partial charge in [-0.1, -0.05) is 22.9 Å². The zero-order chi connectivity index (χ0) is 14.1. The molecule has 5 nitrogen and oxygen atoms in total. The van der Waals surface area contributed by atoms with Gasteiger partial charge in [0.25, 0.3) is 0 Å². The number of benzene rings is 1. The summed E-state index contributed by atoms with van der Waals surface area (Å²) in [6, 6.07) is 6.74. The fourth-order valence-electron chi connectivity index (χ4n) is 1.94. The van der Waals surface area contributed by atoms with E-state index in [9.17, 15) is 8.42 Å². The molecule has 0 aliphatic carbocycles. The molecule has 1 aliphatic rings. The summed E-state index contributed by atoms with van der Waals surface area (Å²) in [5.74, 6) is 0. The van der Waals surface area contributed by atoms with Gasteiger partial charge in [0.05, 0.1) is 17.2 Å². The third-order valence-corrected chi connectivity index (χ3v) is 4.44. The average Bonchev–Trinajstić information content (AvgIpc) is 2.68. The zero-order valence-electron chi connectivity index (χ0n) is 11.3. The van der Waals surface area contributed by atoms with Crippen molar-refractivity contribution in [2.24, 2.45) is 5.16 Å². The van der Waals surface area contributed by atoms with Crippen LogP contribution in [-0.4, -0.2) is 26.3 Å². The van der Waals surface area contributed by atoms with Crippen LogP contribution in [-0.2, 0) is 14.9 Å². The molecule has 2 rings (SSSR count). The quantitative estimate of drug-likeness (QED) is 0.916. The molecule has 1 N–H and O–H groups in total. The van der Waals surface area contributed by atoms with Crippen LogP contribution in [0.25, 0.3) is 0 Å². The molecule has 0 unspecified atom stereocenters. The lowest BCUT2D eigenvalue weighted by Crippen LogP contribution is -2.40. The Bertz CT molecular complexity index is 593. The number of hydrogen-bond acceptors (Lipinski definition) is 4. The molecule has 0 saturated carbocycles. The van der Waals surface area contributed by atoms with E-state index < -0.39 is 15.6 Å². The summed E-state index contributed by atoms with van der Waals surface area (Å²) in [7, 11) is -3.50. The highest BCUT2D eigenvalue weighted by atomic mass is 32.2. The number of sulfonamides is 1. The molecule has 0 bridgehead atoms. The second-order valence-corrected chi connectivity index (χ2v) is 6.95. The van der Waals surface area contributed by atoms with Crippen LogP contribution in [0.1, 0.15) is 25.8 Å². The van der Waals surface area contributed by atoms with Crippen molar-refractivity contribution < 1.29 is 13.3 Å². The van der Waals surface area contributed by atoms with E-state index in [4.69, 9.17) is 4.84 Å². The molecule has 0 amide bonds. The minimum atomic E-state index is -3.50. The first-order valence-corrected chi connectivity index (χ1v) is 7.57. The molecule has 0 aromatic heterocycles. The largest absolute Gasteiger partial charge is 0.388 e. The summed E-state index contributed by atoms with van der Waals surface area (Å²) in [5, 5.41) is 3.86. The van der Waals surface area contributed by atoms with Crippen LogP contribution in [0.4, 0.5) is 0 Å². The Kier molecular flexibility index (Phi) is 3.64. The monoisotopic (exact) mass is 282 g/mol. The van der Waals surface area contributed by atoms with Gasteiger partial charge in [-0.25, -0.2) is 13.1 Å². The molecule has 1 aromatic rings. The van der Waals surface area contributed by atoms with E-state index in [1.54, 1.807) is 24.3 Å². The van der Waals surface area contributed by atoms with E-state index in [0.29, 0.717) is 6.42 Å². The van der Waals surface area contributed by atoms with E-state index >= 15 is 0 Å². The van der Waals surface area contributed by atoms with E-state index in [2.05, 4.69) is 9.88 Å². The Labute approximate surface area is 113 Å². The van der Waals surface area contributed by atoms with Crippen LogP contribution in [0.2, 0.25) is 0 Å². The molecule has 1 aliphatic heterocycles. The molecular formula is C13H18N2O3S. The van der Waals surface area contributed by atoms with E-state index in [1.807, 2.05) is 20.8 Å². The van der Waals surface area contributed by atoms with Crippen LogP contribution >= 0.6 is 0 Å². The SMILES string of the molecule is CC1=NO[C@](C)(CNS(=O)(=O)c2ccc(C)cc2)C1. The van der Waals surface area contributed by atoms with Gasteiger partial charge in [-0.05, 0) is 32.9 Å². The molecule has 0 spiro atoms. The molecule has 19 heavy (non-hydrogen) atoms. The second kappa shape index (κ2) is 4.94. The first-order valence-electron chi connectivity index (χ1n) is 6.09. The van der Waals surface area contributed by atoms with Crippen LogP contribution in [0, 0.1) is 6.92 Å². The van der Waals surface area contributed by atoms with Gasteiger partial charge in [0, 0.05) is 6.42 Å². The average molecular weight is 282 g/mol. The highest BCUT2D eigenvalue weighted by molar-refractivity contribution is 7.89. The van der Waals surface area contributed by atoms with Crippen molar-refractivity contribution in [3.63, 3.8) is 0 Å². The summed E-state index contributed by atoms with van der Waals surface area (Å²) in [6.45, 7) is 5.81. The molecule has 0 saturated heterocycles. The normalized spacial score (nSPS) is 23.0. The molecule has 1 atom stereocenters. The number of nitrogens with zero attached hydrogens (tertiary/aromatic N) is 1. The van der Waals surface area contributed by atoms with Gasteiger partial charge in [0.2, 0.25) is 10.0 Å². The highest BCUT2D eigenvalue weighted by Gasteiger charge is 2.34. The van der Waals surface area contributed by atoms with Gasteiger partial charge >= 0.3 is 0 Å². The van der Waals surface area contributed by atoms with Crippen molar-refractivity contribution in [2.45, 2.75) is 37.7 Å². The summed E-state index contributed by atoms with van der Waals surface area (Å²) >= 11 is 0. The van der Waals surface area contributed by atoms with Gasteiger partial charge in [0.1, 0.15) is 0 Å². The Morgan fingerprint density at radius 1 is 1.32 bits per heavy atom. The second-order valence-electron chi connectivity index (χ2n) is 5.18.